The molecule has 2 rings (SSSR count). The van der Waals surface area contributed by atoms with E-state index >= 15 is 0 Å². The summed E-state index contributed by atoms with van der Waals surface area (Å²) in [6.07, 6.45) is 1.48. The summed E-state index contributed by atoms with van der Waals surface area (Å²) in [5, 5.41) is 13.9. The zero-order chi connectivity index (χ0) is 12.4. The predicted molar refractivity (Wildman–Crippen MR) is 61.9 cm³/mol. The number of aliphatic carboxylic acids is 1. The Kier molecular flexibility index (Phi) is 3.28. The van der Waals surface area contributed by atoms with Crippen LogP contribution in [0, 0.1) is 6.92 Å². The summed E-state index contributed by atoms with van der Waals surface area (Å²) >= 11 is 1.39. The van der Waals surface area contributed by atoms with E-state index in [1.807, 2.05) is 6.92 Å². The molecule has 7 heteroatoms. The topological polar surface area (TPSA) is 89.1 Å². The van der Waals surface area contributed by atoms with Gasteiger partial charge >= 0.3 is 5.97 Å². The minimum Gasteiger partial charge on any atom is -0.481 e. The van der Waals surface area contributed by atoms with Crippen LogP contribution in [0.5, 0.6) is 0 Å². The zero-order valence-corrected chi connectivity index (χ0v) is 10.2. The molecule has 0 spiro atoms. The third-order valence-electron chi connectivity index (χ3n) is 2.18. The Labute approximate surface area is 101 Å². The van der Waals surface area contributed by atoms with Crippen molar-refractivity contribution in [3.63, 3.8) is 0 Å². The van der Waals surface area contributed by atoms with E-state index in [1.165, 1.54) is 18.1 Å². The van der Waals surface area contributed by atoms with Crippen molar-refractivity contribution in [3.8, 4) is 0 Å². The van der Waals surface area contributed by atoms with Crippen LogP contribution < -0.4 is 0 Å². The molecule has 17 heavy (non-hydrogen) atoms. The molecule has 2 heterocycles. The average Bonchev–Trinajstić information content (AvgIpc) is 2.60. The molecule has 0 bridgehead atoms. The Hall–Kier alpha value is -1.63. The van der Waals surface area contributed by atoms with Crippen LogP contribution in [0.15, 0.2) is 15.9 Å². The zero-order valence-electron chi connectivity index (χ0n) is 9.38. The van der Waals surface area contributed by atoms with Crippen LogP contribution in [0.4, 0.5) is 0 Å². The molecule has 0 aliphatic carbocycles. The second kappa shape index (κ2) is 4.70. The molecule has 0 saturated heterocycles. The molecular formula is C10H11N3O3S. The van der Waals surface area contributed by atoms with Crippen LogP contribution in [0.3, 0.4) is 0 Å². The summed E-state index contributed by atoms with van der Waals surface area (Å²) in [6.45, 7) is 3.65. The quantitative estimate of drug-likeness (QED) is 0.657. The lowest BCUT2D eigenvalue weighted by Crippen LogP contribution is -2.06. The first-order valence-corrected chi connectivity index (χ1v) is 5.91. The van der Waals surface area contributed by atoms with E-state index in [0.717, 1.165) is 5.39 Å². The first kappa shape index (κ1) is 11.8. The first-order valence-electron chi connectivity index (χ1n) is 5.03. The minimum absolute atomic E-state index is 0.0695. The number of fused-ring (bicyclic) bond motifs is 1. The van der Waals surface area contributed by atoms with Gasteiger partial charge in [0.05, 0.1) is 17.5 Å². The van der Waals surface area contributed by atoms with Crippen LogP contribution in [-0.4, -0.2) is 31.5 Å². The lowest BCUT2D eigenvalue weighted by atomic mass is 10.3. The number of carboxylic acid groups (broad SMARTS) is 1. The third kappa shape index (κ3) is 2.55. The maximum Gasteiger partial charge on any atom is 0.304 e. The summed E-state index contributed by atoms with van der Waals surface area (Å²) in [5.74, 6) is -0.822. The van der Waals surface area contributed by atoms with Crippen LogP contribution in [0.25, 0.3) is 11.1 Å². The third-order valence-corrected chi connectivity index (χ3v) is 3.29. The molecule has 0 saturated carbocycles. The van der Waals surface area contributed by atoms with Gasteiger partial charge in [-0.2, -0.15) is 4.98 Å². The molecule has 0 fully saturated rings. The monoisotopic (exact) mass is 253 g/mol. The maximum atomic E-state index is 10.6. The van der Waals surface area contributed by atoms with Crippen molar-refractivity contribution < 1.29 is 14.4 Å². The summed E-state index contributed by atoms with van der Waals surface area (Å²) < 4.78 is 5.02. The molecule has 90 valence electrons. The Morgan fingerprint density at radius 1 is 1.59 bits per heavy atom. The van der Waals surface area contributed by atoms with Gasteiger partial charge in [0, 0.05) is 5.25 Å². The van der Waals surface area contributed by atoms with E-state index in [1.54, 1.807) is 6.92 Å². The average molecular weight is 253 g/mol. The molecule has 0 aliphatic rings. The van der Waals surface area contributed by atoms with E-state index in [4.69, 9.17) is 9.63 Å². The lowest BCUT2D eigenvalue weighted by molar-refractivity contribution is -0.136. The van der Waals surface area contributed by atoms with E-state index in [2.05, 4.69) is 15.1 Å². The summed E-state index contributed by atoms with van der Waals surface area (Å²) in [7, 11) is 0. The number of hydrogen-bond acceptors (Lipinski definition) is 6. The van der Waals surface area contributed by atoms with Gasteiger partial charge in [0.1, 0.15) is 11.4 Å². The fourth-order valence-electron chi connectivity index (χ4n) is 1.46. The number of nitrogens with zero attached hydrogens (tertiary/aromatic N) is 3. The Morgan fingerprint density at radius 3 is 3.06 bits per heavy atom. The molecule has 1 atom stereocenters. The van der Waals surface area contributed by atoms with Crippen molar-refractivity contribution in [1.82, 2.24) is 15.1 Å². The normalized spacial score (nSPS) is 12.8. The standard InChI is InChI=1S/C10H11N3O3S/c1-5(3-7(14)15)17-10-8-6(2)13-16-9(8)11-4-12-10/h4-5H,3H2,1-2H3,(H,14,15). The van der Waals surface area contributed by atoms with Crippen molar-refractivity contribution in [1.29, 1.82) is 0 Å². The number of carbonyl (C=O) groups is 1. The van der Waals surface area contributed by atoms with E-state index in [-0.39, 0.29) is 11.7 Å². The number of aromatic nitrogens is 3. The Morgan fingerprint density at radius 2 is 2.35 bits per heavy atom. The molecule has 6 nitrogen and oxygen atoms in total. The second-order valence-electron chi connectivity index (χ2n) is 3.65. The van der Waals surface area contributed by atoms with Gasteiger partial charge in [-0.25, -0.2) is 4.98 Å². The van der Waals surface area contributed by atoms with Crippen LogP contribution in [0.2, 0.25) is 0 Å². The van der Waals surface area contributed by atoms with E-state index < -0.39 is 5.97 Å². The maximum absolute atomic E-state index is 10.6. The number of hydrogen-bond donors (Lipinski definition) is 1. The number of rotatable bonds is 4. The van der Waals surface area contributed by atoms with Crippen LogP contribution in [0.1, 0.15) is 19.0 Å². The van der Waals surface area contributed by atoms with Gasteiger partial charge < -0.3 is 9.63 Å². The molecule has 2 aromatic heterocycles. The SMILES string of the molecule is Cc1noc2ncnc(SC(C)CC(=O)O)c12. The van der Waals surface area contributed by atoms with Crippen molar-refractivity contribution in [2.45, 2.75) is 30.5 Å². The van der Waals surface area contributed by atoms with E-state index in [9.17, 15) is 4.79 Å². The van der Waals surface area contributed by atoms with Crippen LogP contribution in [-0.2, 0) is 4.79 Å². The molecule has 0 aliphatic heterocycles. The Bertz CT molecular complexity index is 555. The molecule has 1 N–H and O–H groups in total. The van der Waals surface area contributed by atoms with Crippen molar-refractivity contribution >= 4 is 28.8 Å². The molecule has 0 amide bonds. The predicted octanol–water partition coefficient (Wildman–Crippen LogP) is 1.88. The highest BCUT2D eigenvalue weighted by Crippen LogP contribution is 2.30. The van der Waals surface area contributed by atoms with E-state index in [0.29, 0.717) is 16.4 Å². The van der Waals surface area contributed by atoms with Gasteiger partial charge in [0.2, 0.25) is 0 Å². The summed E-state index contributed by atoms with van der Waals surface area (Å²) in [5.41, 5.74) is 1.15. The summed E-state index contributed by atoms with van der Waals surface area (Å²) in [6, 6.07) is 0. The highest BCUT2D eigenvalue weighted by atomic mass is 32.2. The fourth-order valence-corrected chi connectivity index (χ4v) is 2.53. The molecular weight excluding hydrogens is 242 g/mol. The highest BCUT2D eigenvalue weighted by Gasteiger charge is 2.16. The van der Waals surface area contributed by atoms with Gasteiger partial charge in [-0.3, -0.25) is 4.79 Å². The van der Waals surface area contributed by atoms with Crippen molar-refractivity contribution in [2.24, 2.45) is 0 Å². The molecule has 2 aromatic rings. The van der Waals surface area contributed by atoms with Crippen molar-refractivity contribution in [3.05, 3.63) is 12.0 Å². The highest BCUT2D eigenvalue weighted by molar-refractivity contribution is 8.00. The Balaban J connectivity index is 2.29. The largest absolute Gasteiger partial charge is 0.481 e. The number of aryl methyl sites for hydroxylation is 1. The fraction of sp³-hybridized carbons (Fsp3) is 0.400. The second-order valence-corrected chi connectivity index (χ2v) is 5.08. The van der Waals surface area contributed by atoms with Gasteiger partial charge in [-0.1, -0.05) is 12.1 Å². The lowest BCUT2D eigenvalue weighted by Gasteiger charge is -2.07. The first-order chi connectivity index (χ1) is 8.08. The summed E-state index contributed by atoms with van der Waals surface area (Å²) in [4.78, 5) is 18.7. The molecule has 0 aromatic carbocycles. The van der Waals surface area contributed by atoms with Gasteiger partial charge in [0.15, 0.2) is 0 Å². The van der Waals surface area contributed by atoms with Gasteiger partial charge in [-0.05, 0) is 6.92 Å². The molecule has 1 unspecified atom stereocenters. The smallest absolute Gasteiger partial charge is 0.304 e. The molecule has 0 radical (unpaired) electrons. The van der Waals surface area contributed by atoms with Crippen molar-refractivity contribution in [2.75, 3.05) is 0 Å². The van der Waals surface area contributed by atoms with Gasteiger partial charge in [-0.15, -0.1) is 11.8 Å². The van der Waals surface area contributed by atoms with Gasteiger partial charge in [0.25, 0.3) is 5.71 Å². The number of carboxylic acids is 1. The minimum atomic E-state index is -0.822. The number of thioether (sulfide) groups is 1. The van der Waals surface area contributed by atoms with Crippen LogP contribution >= 0.6 is 11.8 Å².